The van der Waals surface area contributed by atoms with Crippen LogP contribution in [0.3, 0.4) is 0 Å². The Balaban J connectivity index is 2.35. The van der Waals surface area contributed by atoms with Crippen LogP contribution in [0.1, 0.15) is 6.92 Å². The number of carboxylic acids is 1. The molecule has 4 nitrogen and oxygen atoms in total. The normalized spacial score (nSPS) is 23.6. The molecule has 0 aliphatic carbocycles. The molecule has 0 bridgehead atoms. The minimum Gasteiger partial charge on any atom is -0.485 e. The van der Waals surface area contributed by atoms with Gasteiger partial charge in [-0.25, -0.2) is 4.79 Å². The Bertz CT molecular complexity index is 418. The highest BCUT2D eigenvalue weighted by molar-refractivity contribution is 6.30. The maximum Gasteiger partial charge on any atom is 0.351 e. The smallest absolute Gasteiger partial charge is 0.351 e. The van der Waals surface area contributed by atoms with Gasteiger partial charge in [0.2, 0.25) is 5.60 Å². The minimum absolute atomic E-state index is 0.0321. The van der Waals surface area contributed by atoms with Crippen LogP contribution in [-0.2, 0) is 4.79 Å². The average molecular weight is 229 g/mol. The Morgan fingerprint density at radius 1 is 1.53 bits per heavy atom. The molecule has 80 valence electrons. The Morgan fingerprint density at radius 2 is 2.27 bits per heavy atom. The van der Waals surface area contributed by atoms with Gasteiger partial charge in [0.15, 0.2) is 11.5 Å². The number of ether oxygens (including phenoxy) is 2. The maximum atomic E-state index is 10.9. The first-order valence-electron chi connectivity index (χ1n) is 4.36. The molecule has 1 aliphatic heterocycles. The van der Waals surface area contributed by atoms with Crippen molar-refractivity contribution in [3.63, 3.8) is 0 Å². The predicted octanol–water partition coefficient (Wildman–Crippen LogP) is 1.95. The first-order chi connectivity index (χ1) is 7.01. The Kier molecular flexibility index (Phi) is 2.23. The summed E-state index contributed by atoms with van der Waals surface area (Å²) in [6, 6.07) is 4.81. The van der Waals surface area contributed by atoms with Crippen molar-refractivity contribution in [3.8, 4) is 11.5 Å². The standard InChI is InChI=1S/C10H9ClO4/c1-10(9(12)13)5-14-8-4-6(11)2-3-7(8)15-10/h2-4H,5H2,1H3,(H,12,13). The Labute approximate surface area is 91.4 Å². The highest BCUT2D eigenvalue weighted by Gasteiger charge is 2.40. The van der Waals surface area contributed by atoms with Gasteiger partial charge in [0.1, 0.15) is 6.61 Å². The number of hydrogen-bond donors (Lipinski definition) is 1. The fraction of sp³-hybridized carbons (Fsp3) is 0.300. The molecular weight excluding hydrogens is 220 g/mol. The molecule has 15 heavy (non-hydrogen) atoms. The van der Waals surface area contributed by atoms with Gasteiger partial charge in [-0.15, -0.1) is 0 Å². The number of aliphatic carboxylic acids is 1. The third-order valence-corrected chi connectivity index (χ3v) is 2.43. The summed E-state index contributed by atoms with van der Waals surface area (Å²) < 4.78 is 10.6. The lowest BCUT2D eigenvalue weighted by Crippen LogP contribution is -2.49. The lowest BCUT2D eigenvalue weighted by atomic mass is 10.1. The SMILES string of the molecule is CC1(C(=O)O)COc2cc(Cl)ccc2O1. The second-order valence-corrected chi connectivity index (χ2v) is 3.95. The molecule has 1 aromatic carbocycles. The third kappa shape index (κ3) is 1.72. The van der Waals surface area contributed by atoms with Crippen molar-refractivity contribution < 1.29 is 19.4 Å². The van der Waals surface area contributed by atoms with E-state index < -0.39 is 11.6 Å². The van der Waals surface area contributed by atoms with E-state index in [9.17, 15) is 4.79 Å². The van der Waals surface area contributed by atoms with Crippen molar-refractivity contribution in [1.82, 2.24) is 0 Å². The number of rotatable bonds is 1. The van der Waals surface area contributed by atoms with Crippen LogP contribution >= 0.6 is 11.6 Å². The van der Waals surface area contributed by atoms with E-state index >= 15 is 0 Å². The number of carbonyl (C=O) groups is 1. The van der Waals surface area contributed by atoms with E-state index in [0.29, 0.717) is 16.5 Å². The van der Waals surface area contributed by atoms with Gasteiger partial charge in [-0.05, 0) is 19.1 Å². The fourth-order valence-corrected chi connectivity index (χ4v) is 1.43. The van der Waals surface area contributed by atoms with E-state index in [4.69, 9.17) is 26.2 Å². The molecule has 1 aromatic rings. The molecule has 0 saturated carbocycles. The lowest BCUT2D eigenvalue weighted by Gasteiger charge is -2.31. The number of halogens is 1. The molecule has 1 atom stereocenters. The highest BCUT2D eigenvalue weighted by atomic mass is 35.5. The molecule has 0 amide bonds. The number of fused-ring (bicyclic) bond motifs is 1. The molecule has 1 N–H and O–H groups in total. The topological polar surface area (TPSA) is 55.8 Å². The molecule has 1 unspecified atom stereocenters. The fourth-order valence-electron chi connectivity index (χ4n) is 1.27. The van der Waals surface area contributed by atoms with Gasteiger partial charge in [-0.2, -0.15) is 0 Å². The zero-order chi connectivity index (χ0) is 11.1. The number of benzene rings is 1. The molecule has 0 aromatic heterocycles. The lowest BCUT2D eigenvalue weighted by molar-refractivity contribution is -0.158. The molecular formula is C10H9ClO4. The van der Waals surface area contributed by atoms with Gasteiger partial charge < -0.3 is 14.6 Å². The molecule has 0 radical (unpaired) electrons. The van der Waals surface area contributed by atoms with Crippen LogP contribution in [0, 0.1) is 0 Å². The summed E-state index contributed by atoms with van der Waals surface area (Å²) in [5.41, 5.74) is -1.33. The van der Waals surface area contributed by atoms with Gasteiger partial charge in [-0.1, -0.05) is 11.6 Å². The van der Waals surface area contributed by atoms with E-state index in [-0.39, 0.29) is 6.61 Å². The second-order valence-electron chi connectivity index (χ2n) is 3.52. The van der Waals surface area contributed by atoms with E-state index in [1.165, 1.54) is 6.92 Å². The minimum atomic E-state index is -1.33. The number of carboxylic acid groups (broad SMARTS) is 1. The Morgan fingerprint density at radius 3 is 2.93 bits per heavy atom. The van der Waals surface area contributed by atoms with Crippen molar-refractivity contribution in [3.05, 3.63) is 23.2 Å². The maximum absolute atomic E-state index is 10.9. The molecule has 2 rings (SSSR count). The van der Waals surface area contributed by atoms with Crippen molar-refractivity contribution in [1.29, 1.82) is 0 Å². The largest absolute Gasteiger partial charge is 0.485 e. The molecule has 1 heterocycles. The van der Waals surface area contributed by atoms with Crippen LogP contribution in [0.15, 0.2) is 18.2 Å². The van der Waals surface area contributed by atoms with Crippen LogP contribution in [-0.4, -0.2) is 23.3 Å². The zero-order valence-electron chi connectivity index (χ0n) is 7.99. The molecule has 0 saturated heterocycles. The molecule has 0 fully saturated rings. The zero-order valence-corrected chi connectivity index (χ0v) is 8.75. The third-order valence-electron chi connectivity index (χ3n) is 2.20. The number of hydrogen-bond acceptors (Lipinski definition) is 3. The highest BCUT2D eigenvalue weighted by Crippen LogP contribution is 2.37. The van der Waals surface area contributed by atoms with Gasteiger partial charge in [0.25, 0.3) is 0 Å². The summed E-state index contributed by atoms with van der Waals surface area (Å²) in [7, 11) is 0. The van der Waals surface area contributed by atoms with Crippen molar-refractivity contribution >= 4 is 17.6 Å². The first-order valence-corrected chi connectivity index (χ1v) is 4.74. The van der Waals surface area contributed by atoms with E-state index in [1.807, 2.05) is 0 Å². The monoisotopic (exact) mass is 228 g/mol. The summed E-state index contributed by atoms with van der Waals surface area (Å²) in [4.78, 5) is 10.9. The summed E-state index contributed by atoms with van der Waals surface area (Å²) in [6.45, 7) is 1.43. The van der Waals surface area contributed by atoms with Crippen molar-refractivity contribution in [2.75, 3.05) is 6.61 Å². The molecule has 1 aliphatic rings. The van der Waals surface area contributed by atoms with Gasteiger partial charge in [-0.3, -0.25) is 0 Å². The molecule has 0 spiro atoms. The van der Waals surface area contributed by atoms with E-state index in [2.05, 4.69) is 0 Å². The van der Waals surface area contributed by atoms with Gasteiger partial charge in [0, 0.05) is 11.1 Å². The quantitative estimate of drug-likeness (QED) is 0.798. The van der Waals surface area contributed by atoms with E-state index in [0.717, 1.165) is 0 Å². The van der Waals surface area contributed by atoms with E-state index in [1.54, 1.807) is 18.2 Å². The van der Waals surface area contributed by atoms with Crippen LogP contribution < -0.4 is 9.47 Å². The van der Waals surface area contributed by atoms with Gasteiger partial charge in [0.05, 0.1) is 0 Å². The summed E-state index contributed by atoms with van der Waals surface area (Å²) in [6.07, 6.45) is 0. The van der Waals surface area contributed by atoms with Crippen LogP contribution in [0.4, 0.5) is 0 Å². The predicted molar refractivity (Wildman–Crippen MR) is 53.6 cm³/mol. The van der Waals surface area contributed by atoms with Crippen molar-refractivity contribution in [2.24, 2.45) is 0 Å². The average Bonchev–Trinajstić information content (AvgIpc) is 2.18. The summed E-state index contributed by atoms with van der Waals surface area (Å²) in [5, 5.41) is 9.47. The van der Waals surface area contributed by atoms with Crippen LogP contribution in [0.25, 0.3) is 0 Å². The Hall–Kier alpha value is -1.42. The first kappa shape index (κ1) is 10.1. The van der Waals surface area contributed by atoms with Crippen LogP contribution in [0.5, 0.6) is 11.5 Å². The molecule has 5 heteroatoms. The summed E-state index contributed by atoms with van der Waals surface area (Å²) >= 11 is 5.76. The van der Waals surface area contributed by atoms with Crippen LogP contribution in [0.2, 0.25) is 5.02 Å². The summed E-state index contributed by atoms with van der Waals surface area (Å²) in [5.74, 6) is -0.181. The van der Waals surface area contributed by atoms with Crippen molar-refractivity contribution in [2.45, 2.75) is 12.5 Å². The van der Waals surface area contributed by atoms with Gasteiger partial charge >= 0.3 is 5.97 Å². The second kappa shape index (κ2) is 3.31.